The fourth-order valence-electron chi connectivity index (χ4n) is 3.50. The first-order valence-electron chi connectivity index (χ1n) is 11.0. The van der Waals surface area contributed by atoms with Crippen molar-refractivity contribution in [2.45, 2.75) is 65.7 Å². The smallest absolute Gasteiger partial charge is 0.210 e. The maximum absolute atomic E-state index is 6.18. The van der Waals surface area contributed by atoms with Gasteiger partial charge in [-0.1, -0.05) is 116 Å². The third kappa shape index (κ3) is 7.85. The molecule has 5 heteroatoms. The second-order valence-corrected chi connectivity index (χ2v) is 8.58. The summed E-state index contributed by atoms with van der Waals surface area (Å²) in [4.78, 5) is 4.11. The largest absolute Gasteiger partial charge is 0.335 e. The number of rotatable bonds is 9. The molecule has 160 valence electrons. The average molecular weight is 443 g/mol. The van der Waals surface area contributed by atoms with Crippen molar-refractivity contribution in [2.75, 3.05) is 0 Å². The molecule has 0 aliphatic carbocycles. The van der Waals surface area contributed by atoms with Crippen LogP contribution in [-0.2, 0) is 6.54 Å². The molecule has 0 unspecified atom stereocenters. The van der Waals surface area contributed by atoms with Gasteiger partial charge in [0.05, 0.1) is 6.33 Å². The van der Waals surface area contributed by atoms with Crippen LogP contribution in [-0.4, -0.2) is 16.3 Å². The lowest BCUT2D eigenvalue weighted by atomic mass is 9.42. The number of benzene rings is 2. The number of hydrogen-bond acceptors (Lipinski definition) is 1. The molecule has 0 saturated heterocycles. The van der Waals surface area contributed by atoms with E-state index >= 15 is 0 Å². The second kappa shape index (κ2) is 13.6. The zero-order valence-electron chi connectivity index (χ0n) is 18.5. The maximum atomic E-state index is 6.18. The van der Waals surface area contributed by atoms with Crippen molar-refractivity contribution in [1.29, 1.82) is 0 Å². The van der Waals surface area contributed by atoms with Gasteiger partial charge < -0.3 is 4.57 Å². The number of aryl methyl sites for hydroxylation is 2. The lowest BCUT2D eigenvalue weighted by Gasteiger charge is -2.12. The summed E-state index contributed by atoms with van der Waals surface area (Å²) in [5.41, 5.74) is 3.49. The highest BCUT2D eigenvalue weighted by Crippen LogP contribution is 2.10. The number of unbranched alkanes of at least 4 members (excludes halogenated alkanes) is 5. The predicted molar refractivity (Wildman–Crippen MR) is 134 cm³/mol. The van der Waals surface area contributed by atoms with Crippen molar-refractivity contribution >= 4 is 40.8 Å². The third-order valence-electron chi connectivity index (χ3n) is 5.42. The van der Waals surface area contributed by atoms with Crippen LogP contribution in [0.4, 0.5) is 0 Å². The number of imidazole rings is 1. The highest BCUT2D eigenvalue weighted by molar-refractivity contribution is 6.87. The molecule has 0 aliphatic rings. The van der Waals surface area contributed by atoms with Crippen molar-refractivity contribution in [3.8, 4) is 0 Å². The van der Waals surface area contributed by atoms with E-state index in [4.69, 9.17) is 23.2 Å². The Hall–Kier alpha value is -1.71. The summed E-state index contributed by atoms with van der Waals surface area (Å²) in [5, 5.41) is 1.57. The van der Waals surface area contributed by atoms with Crippen molar-refractivity contribution < 1.29 is 0 Å². The lowest BCUT2D eigenvalue weighted by Crippen LogP contribution is -2.40. The van der Waals surface area contributed by atoms with Crippen molar-refractivity contribution in [1.82, 2.24) is 9.55 Å². The minimum absolute atomic E-state index is 0.211. The van der Waals surface area contributed by atoms with Crippen molar-refractivity contribution in [2.24, 2.45) is 0 Å². The Kier molecular flexibility index (Phi) is 11.1. The number of hydrogen-bond donors (Lipinski definition) is 0. The highest BCUT2D eigenvalue weighted by Gasteiger charge is 2.17. The first-order chi connectivity index (χ1) is 14.5. The van der Waals surface area contributed by atoms with Crippen LogP contribution in [0.3, 0.4) is 0 Å². The van der Waals surface area contributed by atoms with E-state index in [0.717, 1.165) is 27.5 Å². The van der Waals surface area contributed by atoms with Crippen LogP contribution >= 0.6 is 23.2 Å². The van der Waals surface area contributed by atoms with Crippen LogP contribution in [0.25, 0.3) is 0 Å². The summed E-state index contributed by atoms with van der Waals surface area (Å²) >= 11 is 12.4. The fourth-order valence-corrected chi connectivity index (χ4v) is 4.10. The van der Waals surface area contributed by atoms with E-state index in [0.29, 0.717) is 0 Å². The Bertz CT molecular complexity index is 833. The van der Waals surface area contributed by atoms with Crippen LogP contribution in [0.1, 0.15) is 51.1 Å². The van der Waals surface area contributed by atoms with Gasteiger partial charge in [-0.3, -0.25) is 0 Å². The molecule has 0 fully saturated rings. The standard InChI is InChI=1S/C13H11BCl2.C12H22N2/c1-14(10-6-2-4-8-12(10)15)11-7-3-5-9-13(11)16;1-3-4-5-6-7-8-9-14-11-13-10-12(14)2/h2-9H,1H3;10-11H,3-9H2,1-2H3. The molecule has 2 nitrogen and oxygen atoms in total. The Labute approximate surface area is 192 Å². The van der Waals surface area contributed by atoms with Gasteiger partial charge in [0.25, 0.3) is 0 Å². The molecule has 0 spiro atoms. The molecule has 1 aromatic heterocycles. The van der Waals surface area contributed by atoms with E-state index in [9.17, 15) is 0 Å². The quantitative estimate of drug-likeness (QED) is 0.263. The topological polar surface area (TPSA) is 17.8 Å². The van der Waals surface area contributed by atoms with Crippen LogP contribution in [0.2, 0.25) is 16.9 Å². The lowest BCUT2D eigenvalue weighted by molar-refractivity contribution is 0.552. The van der Waals surface area contributed by atoms with Gasteiger partial charge in [0.2, 0.25) is 6.71 Å². The van der Waals surface area contributed by atoms with Crippen molar-refractivity contribution in [3.63, 3.8) is 0 Å². The first-order valence-corrected chi connectivity index (χ1v) is 11.8. The normalized spacial score (nSPS) is 10.4. The van der Waals surface area contributed by atoms with Gasteiger partial charge in [0.15, 0.2) is 0 Å². The summed E-state index contributed by atoms with van der Waals surface area (Å²) in [5.74, 6) is 0. The average Bonchev–Trinajstić information content (AvgIpc) is 3.16. The zero-order chi connectivity index (χ0) is 21.8. The molecule has 3 rings (SSSR count). The summed E-state index contributed by atoms with van der Waals surface area (Å²) in [7, 11) is 0. The van der Waals surface area contributed by atoms with E-state index < -0.39 is 0 Å². The van der Waals surface area contributed by atoms with Crippen molar-refractivity contribution in [3.05, 3.63) is 76.8 Å². The van der Waals surface area contributed by atoms with Crippen LogP contribution in [0.15, 0.2) is 61.1 Å². The number of aromatic nitrogens is 2. The molecule has 0 bridgehead atoms. The molecular weight excluding hydrogens is 410 g/mol. The van der Waals surface area contributed by atoms with E-state index in [1.807, 2.05) is 61.1 Å². The highest BCUT2D eigenvalue weighted by atomic mass is 35.5. The summed E-state index contributed by atoms with van der Waals surface area (Å²) in [6.07, 6.45) is 12.0. The molecule has 0 radical (unpaired) electrons. The van der Waals surface area contributed by atoms with Crippen LogP contribution < -0.4 is 10.9 Å². The van der Waals surface area contributed by atoms with E-state index in [-0.39, 0.29) is 6.71 Å². The molecule has 30 heavy (non-hydrogen) atoms. The fraction of sp³-hybridized carbons (Fsp3) is 0.400. The zero-order valence-corrected chi connectivity index (χ0v) is 20.0. The SMILES string of the molecule is CB(c1ccccc1Cl)c1ccccc1Cl.CCCCCCCCn1cncc1C. The predicted octanol–water partition coefficient (Wildman–Crippen LogP) is 6.78. The minimum Gasteiger partial charge on any atom is -0.335 e. The van der Waals surface area contributed by atoms with E-state index in [1.54, 1.807) is 0 Å². The monoisotopic (exact) mass is 442 g/mol. The maximum Gasteiger partial charge on any atom is 0.210 e. The van der Waals surface area contributed by atoms with Gasteiger partial charge in [0, 0.05) is 28.5 Å². The minimum atomic E-state index is 0.211. The number of halogens is 2. The Morgan fingerprint density at radius 2 is 1.37 bits per heavy atom. The van der Waals surface area contributed by atoms with Crippen LogP contribution in [0.5, 0.6) is 0 Å². The van der Waals surface area contributed by atoms with Gasteiger partial charge in [-0.05, 0) is 25.5 Å². The number of nitrogens with zero attached hydrogens (tertiary/aromatic N) is 2. The molecule has 0 saturated carbocycles. The molecule has 1 heterocycles. The molecule has 3 aromatic rings. The summed E-state index contributed by atoms with van der Waals surface area (Å²) in [6, 6.07) is 15.8. The molecular formula is C25H33BCl2N2. The van der Waals surface area contributed by atoms with Crippen LogP contribution in [0, 0.1) is 6.92 Å². The molecule has 0 amide bonds. The first kappa shape index (κ1) is 24.6. The molecule has 0 aliphatic heterocycles. The van der Waals surface area contributed by atoms with Gasteiger partial charge in [-0.15, -0.1) is 0 Å². The van der Waals surface area contributed by atoms with E-state index in [2.05, 4.69) is 30.2 Å². The third-order valence-corrected chi connectivity index (χ3v) is 6.10. The molecule has 0 atom stereocenters. The van der Waals surface area contributed by atoms with Gasteiger partial charge in [-0.25, -0.2) is 4.98 Å². The molecule has 0 N–H and O–H groups in total. The Morgan fingerprint density at radius 1 is 0.833 bits per heavy atom. The Morgan fingerprint density at radius 3 is 1.87 bits per heavy atom. The Balaban J connectivity index is 0.000000216. The van der Waals surface area contributed by atoms with Gasteiger partial charge in [0.1, 0.15) is 0 Å². The van der Waals surface area contributed by atoms with E-state index in [1.165, 1.54) is 44.2 Å². The van der Waals surface area contributed by atoms with Gasteiger partial charge in [-0.2, -0.15) is 0 Å². The van der Waals surface area contributed by atoms with Gasteiger partial charge >= 0.3 is 0 Å². The second-order valence-electron chi connectivity index (χ2n) is 7.76. The summed E-state index contributed by atoms with van der Waals surface area (Å²) < 4.78 is 2.24. The summed E-state index contributed by atoms with van der Waals surface area (Å²) in [6.45, 7) is 7.83. The molecule has 2 aromatic carbocycles.